The number of aryl methyl sites for hydroxylation is 2. The smallest absolute Gasteiger partial charge is 0.243 e. The first-order chi connectivity index (χ1) is 15.6. The molecule has 1 saturated carbocycles. The molecule has 1 aliphatic carbocycles. The molecule has 3 aliphatic rings. The summed E-state index contributed by atoms with van der Waals surface area (Å²) in [5, 5.41) is 0. The second-order valence-electron chi connectivity index (χ2n) is 9.62. The van der Waals surface area contributed by atoms with Gasteiger partial charge >= 0.3 is 0 Å². The van der Waals surface area contributed by atoms with E-state index in [1.165, 1.54) is 8.61 Å². The van der Waals surface area contributed by atoms with Gasteiger partial charge in [0.05, 0.1) is 15.8 Å². The average Bonchev–Trinajstić information content (AvgIpc) is 3.28. The highest BCUT2D eigenvalue weighted by molar-refractivity contribution is 7.89. The minimum absolute atomic E-state index is 0.00214. The molecular weight excluding hydrogens is 460 g/mol. The Labute approximate surface area is 195 Å². The normalized spacial score (nSPS) is 28.6. The van der Waals surface area contributed by atoms with Gasteiger partial charge in [-0.05, 0) is 56.9 Å². The highest BCUT2D eigenvalue weighted by Gasteiger charge is 2.64. The number of sulfonamides is 2. The van der Waals surface area contributed by atoms with Crippen molar-refractivity contribution in [1.82, 2.24) is 8.61 Å². The van der Waals surface area contributed by atoms with Crippen molar-refractivity contribution in [3.63, 3.8) is 0 Å². The molecule has 2 saturated heterocycles. The highest BCUT2D eigenvalue weighted by atomic mass is 32.2. The SMILES string of the molecule is Cc1ccc(S(=O)(=O)N2CC[C@H]3CC(=O)[C@@H]4N(S(=O)(=O)c5ccc(C)cc5)CC[C@]34C2)cc1. The third kappa shape index (κ3) is 3.48. The van der Waals surface area contributed by atoms with E-state index in [0.29, 0.717) is 25.8 Å². The van der Waals surface area contributed by atoms with Gasteiger partial charge in [-0.25, -0.2) is 16.8 Å². The first-order valence-corrected chi connectivity index (χ1v) is 14.1. The van der Waals surface area contributed by atoms with Crippen LogP contribution in [0.1, 0.15) is 30.4 Å². The number of rotatable bonds is 4. The quantitative estimate of drug-likeness (QED) is 0.660. The van der Waals surface area contributed by atoms with Crippen molar-refractivity contribution in [1.29, 1.82) is 0 Å². The van der Waals surface area contributed by atoms with Crippen LogP contribution in [0.4, 0.5) is 0 Å². The predicted octanol–water partition coefficient (Wildman–Crippen LogP) is 2.74. The maximum Gasteiger partial charge on any atom is 0.243 e. The summed E-state index contributed by atoms with van der Waals surface area (Å²) in [6, 6.07) is 12.6. The van der Waals surface area contributed by atoms with E-state index < -0.39 is 31.5 Å². The molecule has 7 nitrogen and oxygen atoms in total. The molecule has 9 heteroatoms. The van der Waals surface area contributed by atoms with Crippen LogP contribution in [0.25, 0.3) is 0 Å². The third-order valence-corrected chi connectivity index (χ3v) is 11.4. The van der Waals surface area contributed by atoms with Crippen LogP contribution in [-0.4, -0.2) is 56.9 Å². The summed E-state index contributed by atoms with van der Waals surface area (Å²) in [4.78, 5) is 13.5. The Morgan fingerprint density at radius 1 is 0.818 bits per heavy atom. The molecule has 2 aromatic carbocycles. The molecule has 0 aromatic heterocycles. The van der Waals surface area contributed by atoms with E-state index in [9.17, 15) is 21.6 Å². The number of piperidine rings is 1. The van der Waals surface area contributed by atoms with Gasteiger partial charge in [0, 0.05) is 31.5 Å². The summed E-state index contributed by atoms with van der Waals surface area (Å²) in [6.45, 7) is 4.52. The second kappa shape index (κ2) is 7.73. The fraction of sp³-hybridized carbons (Fsp3) is 0.458. The van der Waals surface area contributed by atoms with Crippen molar-refractivity contribution < 1.29 is 21.6 Å². The molecule has 5 rings (SSSR count). The summed E-state index contributed by atoms with van der Waals surface area (Å²) in [5.41, 5.74) is 1.25. The fourth-order valence-electron chi connectivity index (χ4n) is 5.90. The lowest BCUT2D eigenvalue weighted by Gasteiger charge is -2.44. The summed E-state index contributed by atoms with van der Waals surface area (Å²) < 4.78 is 56.5. The minimum Gasteiger partial charge on any atom is -0.298 e. The van der Waals surface area contributed by atoms with E-state index in [1.807, 2.05) is 13.8 Å². The van der Waals surface area contributed by atoms with Crippen LogP contribution in [0.3, 0.4) is 0 Å². The molecule has 3 atom stereocenters. The van der Waals surface area contributed by atoms with Gasteiger partial charge in [-0.3, -0.25) is 4.79 Å². The zero-order chi connectivity index (χ0) is 23.6. The number of carbonyl (C=O) groups excluding carboxylic acids is 1. The van der Waals surface area contributed by atoms with Crippen LogP contribution in [0.2, 0.25) is 0 Å². The molecule has 0 unspecified atom stereocenters. The minimum atomic E-state index is -3.86. The van der Waals surface area contributed by atoms with E-state index in [1.54, 1.807) is 48.5 Å². The molecule has 1 spiro atoms. The first-order valence-electron chi connectivity index (χ1n) is 11.2. The number of carbonyl (C=O) groups is 1. The van der Waals surface area contributed by atoms with Crippen molar-refractivity contribution in [2.24, 2.45) is 11.3 Å². The Bertz CT molecular complexity index is 1300. The molecule has 2 aromatic rings. The molecule has 2 heterocycles. The largest absolute Gasteiger partial charge is 0.298 e. The standard InChI is InChI=1S/C24H28N2O5S2/c1-17-3-7-20(8-4-17)32(28,29)25-13-11-19-15-22(27)23-24(19,16-25)12-14-26(23)33(30,31)21-9-5-18(2)6-10-21/h3-10,19,23H,11-16H2,1-2H3/t19-,23-,24-/m0/s1. The van der Waals surface area contributed by atoms with Crippen LogP contribution in [0, 0.1) is 25.2 Å². The molecule has 2 aliphatic heterocycles. The fourth-order valence-corrected chi connectivity index (χ4v) is 9.12. The number of ketones is 1. The Morgan fingerprint density at radius 3 is 1.94 bits per heavy atom. The Morgan fingerprint density at radius 2 is 1.36 bits per heavy atom. The van der Waals surface area contributed by atoms with Gasteiger partial charge in [-0.2, -0.15) is 8.61 Å². The van der Waals surface area contributed by atoms with Crippen molar-refractivity contribution in [3.05, 3.63) is 59.7 Å². The van der Waals surface area contributed by atoms with Gasteiger partial charge in [0.1, 0.15) is 0 Å². The van der Waals surface area contributed by atoms with Gasteiger partial charge < -0.3 is 0 Å². The Balaban J connectivity index is 1.49. The van der Waals surface area contributed by atoms with Crippen LogP contribution >= 0.6 is 0 Å². The van der Waals surface area contributed by atoms with E-state index in [2.05, 4.69) is 0 Å². The highest BCUT2D eigenvalue weighted by Crippen LogP contribution is 2.56. The van der Waals surface area contributed by atoms with Crippen LogP contribution in [0.15, 0.2) is 58.3 Å². The maximum atomic E-state index is 13.5. The van der Waals surface area contributed by atoms with Crippen LogP contribution in [0.5, 0.6) is 0 Å². The summed E-state index contributed by atoms with van der Waals surface area (Å²) >= 11 is 0. The maximum absolute atomic E-state index is 13.5. The topological polar surface area (TPSA) is 91.8 Å². The van der Waals surface area contributed by atoms with E-state index >= 15 is 0 Å². The predicted molar refractivity (Wildman–Crippen MR) is 124 cm³/mol. The molecule has 33 heavy (non-hydrogen) atoms. The molecule has 0 bridgehead atoms. The van der Waals surface area contributed by atoms with Gasteiger partial charge in [0.25, 0.3) is 0 Å². The lowest BCUT2D eigenvalue weighted by molar-refractivity contribution is -0.121. The summed E-state index contributed by atoms with van der Waals surface area (Å²) in [7, 11) is -7.60. The van der Waals surface area contributed by atoms with Gasteiger partial charge in [-0.1, -0.05) is 35.4 Å². The summed E-state index contributed by atoms with van der Waals surface area (Å²) in [5.74, 6) is -0.0968. The third-order valence-electron chi connectivity index (χ3n) is 7.68. The average molecular weight is 489 g/mol. The molecule has 0 amide bonds. The monoisotopic (exact) mass is 488 g/mol. The molecule has 0 radical (unpaired) electrons. The van der Waals surface area contributed by atoms with E-state index in [4.69, 9.17) is 0 Å². The molecule has 176 valence electrons. The number of hydrogen-bond acceptors (Lipinski definition) is 5. The molecule has 0 N–H and O–H groups in total. The Kier molecular flexibility index (Phi) is 5.32. The number of hydrogen-bond donors (Lipinski definition) is 0. The second-order valence-corrected chi connectivity index (χ2v) is 13.5. The molecule has 3 fully saturated rings. The number of Topliss-reactive ketones (excluding diaryl/α,β-unsaturated/α-hetero) is 1. The lowest BCUT2D eigenvalue weighted by Crippen LogP contribution is -2.54. The van der Waals surface area contributed by atoms with Crippen LogP contribution < -0.4 is 0 Å². The van der Waals surface area contributed by atoms with Gasteiger partial charge in [0.2, 0.25) is 20.0 Å². The van der Waals surface area contributed by atoms with Crippen molar-refractivity contribution in [2.75, 3.05) is 19.6 Å². The first kappa shape index (κ1) is 22.7. The van der Waals surface area contributed by atoms with Crippen molar-refractivity contribution >= 4 is 25.8 Å². The van der Waals surface area contributed by atoms with Gasteiger partial charge in [0.15, 0.2) is 5.78 Å². The number of benzene rings is 2. The lowest BCUT2D eigenvalue weighted by atomic mass is 9.71. The molecular formula is C24H28N2O5S2. The zero-order valence-electron chi connectivity index (χ0n) is 18.8. The van der Waals surface area contributed by atoms with Crippen molar-refractivity contribution in [3.8, 4) is 0 Å². The van der Waals surface area contributed by atoms with Crippen LogP contribution in [-0.2, 0) is 24.8 Å². The Hall–Kier alpha value is -2.07. The van der Waals surface area contributed by atoms with E-state index in [-0.39, 0.29) is 34.6 Å². The van der Waals surface area contributed by atoms with Crippen molar-refractivity contribution in [2.45, 2.75) is 48.9 Å². The number of nitrogens with zero attached hydrogens (tertiary/aromatic N) is 2. The van der Waals surface area contributed by atoms with Gasteiger partial charge in [-0.15, -0.1) is 0 Å². The zero-order valence-corrected chi connectivity index (χ0v) is 20.4. The summed E-state index contributed by atoms with van der Waals surface area (Å²) in [6.07, 6.45) is 1.35. The van der Waals surface area contributed by atoms with E-state index in [0.717, 1.165) is 11.1 Å².